The van der Waals surface area contributed by atoms with E-state index >= 15 is 0 Å². The summed E-state index contributed by atoms with van der Waals surface area (Å²) in [6.07, 6.45) is 5.66. The minimum atomic E-state index is -0.291. The van der Waals surface area contributed by atoms with E-state index in [0.29, 0.717) is 16.8 Å². The predicted octanol–water partition coefficient (Wildman–Crippen LogP) is 4.22. The molecule has 0 heterocycles. The van der Waals surface area contributed by atoms with Crippen molar-refractivity contribution >= 4 is 34.8 Å². The van der Waals surface area contributed by atoms with Crippen LogP contribution in [-0.2, 0) is 0 Å². The van der Waals surface area contributed by atoms with Crippen molar-refractivity contribution in [1.29, 1.82) is 0 Å². The molecular weight excluding hydrogens is 370 g/mol. The molecule has 146 valence electrons. The number of hydrogen-bond acceptors (Lipinski definition) is 3. The molecule has 2 N–H and O–H groups in total. The van der Waals surface area contributed by atoms with Gasteiger partial charge in [-0.05, 0) is 49.3 Å². The van der Waals surface area contributed by atoms with Crippen LogP contribution in [0, 0.1) is 0 Å². The Bertz CT molecular complexity index is 848. The lowest BCUT2D eigenvalue weighted by Gasteiger charge is -2.31. The third-order valence-corrected chi connectivity index (χ3v) is 5.32. The molecule has 28 heavy (non-hydrogen) atoms. The number of carbonyl (C=O) groups excluding carboxylic acids is 2. The lowest BCUT2D eigenvalue weighted by Crippen LogP contribution is -2.39. The number of benzene rings is 2. The number of amides is 2. The normalized spacial score (nSPS) is 14.2. The van der Waals surface area contributed by atoms with Crippen LogP contribution in [0.3, 0.4) is 0 Å². The first-order valence-corrected chi connectivity index (χ1v) is 10.0. The van der Waals surface area contributed by atoms with E-state index in [1.165, 1.54) is 6.42 Å². The van der Waals surface area contributed by atoms with Crippen molar-refractivity contribution in [1.82, 2.24) is 10.2 Å². The summed E-state index contributed by atoms with van der Waals surface area (Å²) in [4.78, 5) is 27.1. The van der Waals surface area contributed by atoms with Gasteiger partial charge in [-0.25, -0.2) is 0 Å². The van der Waals surface area contributed by atoms with Crippen molar-refractivity contribution in [3.8, 4) is 0 Å². The Kier molecular flexibility index (Phi) is 6.76. The molecule has 0 bridgehead atoms. The summed E-state index contributed by atoms with van der Waals surface area (Å²) in [6, 6.07) is 16.4. The largest absolute Gasteiger partial charge is 0.339 e. The first-order chi connectivity index (χ1) is 13.6. The van der Waals surface area contributed by atoms with Crippen LogP contribution >= 0.6 is 12.2 Å². The Labute approximate surface area is 171 Å². The van der Waals surface area contributed by atoms with Crippen molar-refractivity contribution in [2.45, 2.75) is 38.1 Å². The van der Waals surface area contributed by atoms with E-state index in [2.05, 4.69) is 10.6 Å². The molecule has 0 atom stereocenters. The highest BCUT2D eigenvalue weighted by molar-refractivity contribution is 7.80. The maximum absolute atomic E-state index is 13.0. The van der Waals surface area contributed by atoms with Gasteiger partial charge in [0.25, 0.3) is 11.8 Å². The number of anilines is 1. The molecule has 1 fully saturated rings. The second-order valence-corrected chi connectivity index (χ2v) is 7.44. The average molecular weight is 396 g/mol. The fraction of sp³-hybridized carbons (Fsp3) is 0.318. The summed E-state index contributed by atoms with van der Waals surface area (Å²) in [7, 11) is 1.87. The van der Waals surface area contributed by atoms with Crippen LogP contribution in [0.2, 0.25) is 0 Å². The van der Waals surface area contributed by atoms with E-state index in [-0.39, 0.29) is 23.0 Å². The van der Waals surface area contributed by atoms with Gasteiger partial charge in [0, 0.05) is 18.7 Å². The van der Waals surface area contributed by atoms with E-state index < -0.39 is 0 Å². The van der Waals surface area contributed by atoms with Crippen LogP contribution < -0.4 is 10.6 Å². The van der Waals surface area contributed by atoms with E-state index in [1.807, 2.05) is 30.1 Å². The lowest BCUT2D eigenvalue weighted by atomic mass is 9.94. The first kappa shape index (κ1) is 20.0. The smallest absolute Gasteiger partial charge is 0.257 e. The van der Waals surface area contributed by atoms with Gasteiger partial charge in [-0.15, -0.1) is 0 Å². The maximum atomic E-state index is 13.0. The lowest BCUT2D eigenvalue weighted by molar-refractivity contribution is 0.0697. The minimum absolute atomic E-state index is 0.0350. The summed E-state index contributed by atoms with van der Waals surface area (Å²) >= 11 is 5.28. The molecule has 2 aromatic rings. The number of rotatable bonds is 4. The zero-order chi connectivity index (χ0) is 19.9. The standard InChI is InChI=1S/C22H25N3O2S/c1-25(17-12-6-3-7-13-17)21(27)18-14-8-9-15-19(18)23-22(28)24-20(26)16-10-4-2-5-11-16/h2,4-5,8-11,14-15,17H,3,6-7,12-13H2,1H3,(H2,23,24,26,28). The molecule has 5 nitrogen and oxygen atoms in total. The fourth-order valence-corrected chi connectivity index (χ4v) is 3.72. The van der Waals surface area contributed by atoms with Gasteiger partial charge < -0.3 is 10.2 Å². The van der Waals surface area contributed by atoms with Crippen molar-refractivity contribution < 1.29 is 9.59 Å². The van der Waals surface area contributed by atoms with Crippen molar-refractivity contribution in [3.63, 3.8) is 0 Å². The molecule has 0 radical (unpaired) electrons. The number of thiocarbonyl (C=S) groups is 1. The summed E-state index contributed by atoms with van der Waals surface area (Å²) in [5.74, 6) is -0.326. The van der Waals surface area contributed by atoms with Gasteiger partial charge in [0.2, 0.25) is 0 Å². The highest BCUT2D eigenvalue weighted by Crippen LogP contribution is 2.25. The summed E-state index contributed by atoms with van der Waals surface area (Å²) in [5, 5.41) is 5.82. The Morgan fingerprint density at radius 1 is 0.964 bits per heavy atom. The molecule has 0 aliphatic heterocycles. The molecule has 1 aliphatic carbocycles. The van der Waals surface area contributed by atoms with Crippen LogP contribution in [0.5, 0.6) is 0 Å². The topological polar surface area (TPSA) is 61.4 Å². The monoisotopic (exact) mass is 395 g/mol. The van der Waals surface area contributed by atoms with Crippen molar-refractivity contribution in [2.75, 3.05) is 12.4 Å². The van der Waals surface area contributed by atoms with Crippen LogP contribution in [0.15, 0.2) is 54.6 Å². The minimum Gasteiger partial charge on any atom is -0.339 e. The second-order valence-electron chi connectivity index (χ2n) is 7.03. The number of para-hydroxylation sites is 1. The Morgan fingerprint density at radius 2 is 1.61 bits per heavy atom. The van der Waals surface area contributed by atoms with Crippen LogP contribution in [0.25, 0.3) is 0 Å². The molecule has 0 saturated heterocycles. The molecule has 1 aliphatic rings. The molecular formula is C22H25N3O2S. The van der Waals surface area contributed by atoms with E-state index in [1.54, 1.807) is 36.4 Å². The highest BCUT2D eigenvalue weighted by atomic mass is 32.1. The Morgan fingerprint density at radius 3 is 2.32 bits per heavy atom. The Hall–Kier alpha value is -2.73. The van der Waals surface area contributed by atoms with Gasteiger partial charge in [0.15, 0.2) is 5.11 Å². The van der Waals surface area contributed by atoms with Crippen LogP contribution in [-0.4, -0.2) is 34.9 Å². The predicted molar refractivity (Wildman–Crippen MR) is 116 cm³/mol. The SMILES string of the molecule is CN(C(=O)c1ccccc1NC(=S)NC(=O)c1ccccc1)C1CCCCC1. The number of hydrogen-bond donors (Lipinski definition) is 2. The average Bonchev–Trinajstić information content (AvgIpc) is 2.74. The molecule has 3 rings (SSSR count). The molecule has 0 unspecified atom stereocenters. The summed E-state index contributed by atoms with van der Waals surface area (Å²) < 4.78 is 0. The second kappa shape index (κ2) is 9.46. The maximum Gasteiger partial charge on any atom is 0.257 e. The van der Waals surface area contributed by atoms with Crippen molar-refractivity contribution in [3.05, 3.63) is 65.7 Å². The molecule has 6 heteroatoms. The van der Waals surface area contributed by atoms with Gasteiger partial charge in [0.1, 0.15) is 0 Å². The fourth-order valence-electron chi connectivity index (χ4n) is 3.52. The summed E-state index contributed by atoms with van der Waals surface area (Å²) in [5.41, 5.74) is 1.66. The van der Waals surface area contributed by atoms with Gasteiger partial charge in [-0.3, -0.25) is 14.9 Å². The summed E-state index contributed by atoms with van der Waals surface area (Å²) in [6.45, 7) is 0. The molecule has 0 spiro atoms. The molecule has 1 saturated carbocycles. The van der Waals surface area contributed by atoms with Gasteiger partial charge in [0.05, 0.1) is 11.3 Å². The number of nitrogens with one attached hydrogen (secondary N) is 2. The number of nitrogens with zero attached hydrogens (tertiary/aromatic N) is 1. The van der Waals surface area contributed by atoms with Crippen LogP contribution in [0.4, 0.5) is 5.69 Å². The van der Waals surface area contributed by atoms with E-state index in [9.17, 15) is 9.59 Å². The van der Waals surface area contributed by atoms with Gasteiger partial charge >= 0.3 is 0 Å². The zero-order valence-corrected chi connectivity index (χ0v) is 16.8. The van der Waals surface area contributed by atoms with Gasteiger partial charge in [-0.1, -0.05) is 49.6 Å². The third kappa shape index (κ3) is 4.95. The Balaban J connectivity index is 1.68. The van der Waals surface area contributed by atoms with Gasteiger partial charge in [-0.2, -0.15) is 0 Å². The first-order valence-electron chi connectivity index (χ1n) is 9.60. The quantitative estimate of drug-likeness (QED) is 0.761. The molecule has 2 aromatic carbocycles. The third-order valence-electron chi connectivity index (χ3n) is 5.11. The van der Waals surface area contributed by atoms with Crippen molar-refractivity contribution in [2.24, 2.45) is 0 Å². The highest BCUT2D eigenvalue weighted by Gasteiger charge is 2.24. The number of carbonyl (C=O) groups is 2. The molecule has 0 aromatic heterocycles. The van der Waals surface area contributed by atoms with E-state index in [4.69, 9.17) is 12.2 Å². The molecule has 2 amide bonds. The zero-order valence-electron chi connectivity index (χ0n) is 16.0. The van der Waals surface area contributed by atoms with Crippen LogP contribution in [0.1, 0.15) is 52.8 Å². The van der Waals surface area contributed by atoms with E-state index in [0.717, 1.165) is 25.7 Å².